The van der Waals surface area contributed by atoms with Crippen molar-refractivity contribution < 1.29 is 9.47 Å². The smallest absolute Gasteiger partial charge is 0.158 e. The van der Waals surface area contributed by atoms with E-state index in [1.54, 1.807) is 0 Å². The highest BCUT2D eigenvalue weighted by Crippen LogP contribution is 2.12. The van der Waals surface area contributed by atoms with Gasteiger partial charge in [0.05, 0.1) is 6.61 Å². The lowest BCUT2D eigenvalue weighted by molar-refractivity contribution is -0.101. The zero-order chi connectivity index (χ0) is 7.23. The molecule has 2 heteroatoms. The van der Waals surface area contributed by atoms with Gasteiger partial charge in [0.2, 0.25) is 0 Å². The van der Waals surface area contributed by atoms with Crippen LogP contribution in [0.5, 0.6) is 0 Å². The van der Waals surface area contributed by atoms with Crippen LogP contribution >= 0.6 is 0 Å². The molecule has 1 aliphatic rings. The molecule has 1 atom stereocenters. The summed E-state index contributed by atoms with van der Waals surface area (Å²) in [5.41, 5.74) is 0. The van der Waals surface area contributed by atoms with E-state index in [9.17, 15) is 0 Å². The van der Waals surface area contributed by atoms with Crippen molar-refractivity contribution in [2.45, 2.75) is 26.1 Å². The van der Waals surface area contributed by atoms with Gasteiger partial charge in [0, 0.05) is 13.0 Å². The van der Waals surface area contributed by atoms with Gasteiger partial charge in [-0.15, -0.1) is 0 Å². The van der Waals surface area contributed by atoms with E-state index >= 15 is 0 Å². The van der Waals surface area contributed by atoms with Gasteiger partial charge in [-0.2, -0.15) is 0 Å². The molecule has 0 aromatic rings. The Bertz CT molecular complexity index is 104. The molecule has 0 aliphatic carbocycles. The van der Waals surface area contributed by atoms with Crippen LogP contribution in [0, 0.1) is 0 Å². The van der Waals surface area contributed by atoms with Crippen molar-refractivity contribution in [1.82, 2.24) is 0 Å². The van der Waals surface area contributed by atoms with E-state index in [0.29, 0.717) is 6.61 Å². The van der Waals surface area contributed by atoms with E-state index in [0.717, 1.165) is 19.4 Å². The summed E-state index contributed by atoms with van der Waals surface area (Å²) < 4.78 is 10.6. The lowest BCUT2D eigenvalue weighted by Gasteiger charge is -2.07. The first kappa shape index (κ1) is 7.76. The molecule has 0 N–H and O–H groups in total. The van der Waals surface area contributed by atoms with Crippen LogP contribution in [0.25, 0.3) is 0 Å². The van der Waals surface area contributed by atoms with Gasteiger partial charge in [0.1, 0.15) is 0 Å². The second-order valence-corrected chi connectivity index (χ2v) is 2.34. The van der Waals surface area contributed by atoms with Gasteiger partial charge in [-0.05, 0) is 13.3 Å². The molecule has 1 rings (SSSR count). The zero-order valence-electron chi connectivity index (χ0n) is 6.38. The molecule has 0 aromatic carbocycles. The first-order chi connectivity index (χ1) is 4.93. The molecule has 0 saturated carbocycles. The lowest BCUT2D eigenvalue weighted by atomic mass is 10.4. The normalized spacial score (nSPS) is 26.3. The number of ether oxygens (including phenoxy) is 2. The summed E-state index contributed by atoms with van der Waals surface area (Å²) >= 11 is 0. The Labute approximate surface area is 61.8 Å². The minimum Gasteiger partial charge on any atom is -0.353 e. The molecule has 58 valence electrons. The Morgan fingerprint density at radius 1 is 1.70 bits per heavy atom. The third-order valence-electron chi connectivity index (χ3n) is 1.50. The van der Waals surface area contributed by atoms with Gasteiger partial charge < -0.3 is 9.47 Å². The summed E-state index contributed by atoms with van der Waals surface area (Å²) in [6.07, 6.45) is 6.23. The van der Waals surface area contributed by atoms with Crippen LogP contribution in [0.4, 0.5) is 0 Å². The van der Waals surface area contributed by atoms with Crippen molar-refractivity contribution in [2.24, 2.45) is 0 Å². The Hall–Kier alpha value is -0.340. The van der Waals surface area contributed by atoms with Crippen molar-refractivity contribution in [3.05, 3.63) is 12.2 Å². The second-order valence-electron chi connectivity index (χ2n) is 2.34. The molecule has 0 aromatic heterocycles. The molecule has 0 spiro atoms. The van der Waals surface area contributed by atoms with Crippen LogP contribution in [0.1, 0.15) is 19.8 Å². The van der Waals surface area contributed by atoms with Crippen molar-refractivity contribution in [1.29, 1.82) is 0 Å². The fourth-order valence-corrected chi connectivity index (χ4v) is 0.939. The first-order valence-corrected chi connectivity index (χ1v) is 3.78. The SMILES string of the molecule is C/C=C/COC1CCCO1. The Kier molecular flexibility index (Phi) is 3.47. The van der Waals surface area contributed by atoms with E-state index in [1.165, 1.54) is 0 Å². The van der Waals surface area contributed by atoms with Crippen LogP contribution in [-0.2, 0) is 9.47 Å². The largest absolute Gasteiger partial charge is 0.353 e. The summed E-state index contributed by atoms with van der Waals surface area (Å²) in [6.45, 7) is 3.53. The van der Waals surface area contributed by atoms with Crippen molar-refractivity contribution in [2.75, 3.05) is 13.2 Å². The van der Waals surface area contributed by atoms with Crippen LogP contribution < -0.4 is 0 Å². The van der Waals surface area contributed by atoms with Crippen molar-refractivity contribution in [3.8, 4) is 0 Å². The maximum absolute atomic E-state index is 5.33. The fraction of sp³-hybridized carbons (Fsp3) is 0.750. The Balaban J connectivity index is 2.01. The minimum absolute atomic E-state index is 0.0659. The number of hydrogen-bond donors (Lipinski definition) is 0. The van der Waals surface area contributed by atoms with Gasteiger partial charge in [0.25, 0.3) is 0 Å². The highest BCUT2D eigenvalue weighted by Gasteiger charge is 2.14. The van der Waals surface area contributed by atoms with Crippen LogP contribution in [-0.4, -0.2) is 19.5 Å². The summed E-state index contributed by atoms with van der Waals surface area (Å²) in [5.74, 6) is 0. The Morgan fingerprint density at radius 2 is 2.60 bits per heavy atom. The topological polar surface area (TPSA) is 18.5 Å². The van der Waals surface area contributed by atoms with Crippen LogP contribution in [0.3, 0.4) is 0 Å². The number of allylic oxidation sites excluding steroid dienone is 1. The molecule has 1 saturated heterocycles. The predicted molar refractivity (Wildman–Crippen MR) is 39.7 cm³/mol. The molecule has 1 heterocycles. The van der Waals surface area contributed by atoms with Crippen molar-refractivity contribution >= 4 is 0 Å². The van der Waals surface area contributed by atoms with Gasteiger partial charge in [-0.25, -0.2) is 0 Å². The van der Waals surface area contributed by atoms with E-state index in [-0.39, 0.29) is 6.29 Å². The number of hydrogen-bond acceptors (Lipinski definition) is 2. The number of rotatable bonds is 3. The molecule has 10 heavy (non-hydrogen) atoms. The third kappa shape index (κ3) is 2.50. The van der Waals surface area contributed by atoms with Gasteiger partial charge in [0.15, 0.2) is 6.29 Å². The maximum atomic E-state index is 5.33. The third-order valence-corrected chi connectivity index (χ3v) is 1.50. The van der Waals surface area contributed by atoms with E-state index in [2.05, 4.69) is 0 Å². The Morgan fingerprint density at radius 3 is 3.20 bits per heavy atom. The molecule has 0 bridgehead atoms. The average Bonchev–Trinajstić information content (AvgIpc) is 2.41. The summed E-state index contributed by atoms with van der Waals surface area (Å²) in [5, 5.41) is 0. The monoisotopic (exact) mass is 142 g/mol. The molecular weight excluding hydrogens is 128 g/mol. The average molecular weight is 142 g/mol. The quantitative estimate of drug-likeness (QED) is 0.558. The maximum Gasteiger partial charge on any atom is 0.158 e. The van der Waals surface area contributed by atoms with Crippen molar-refractivity contribution in [3.63, 3.8) is 0 Å². The molecule has 0 amide bonds. The second kappa shape index (κ2) is 4.47. The lowest BCUT2D eigenvalue weighted by Crippen LogP contribution is -2.09. The molecule has 2 nitrogen and oxygen atoms in total. The summed E-state index contributed by atoms with van der Waals surface area (Å²) in [7, 11) is 0. The fourth-order valence-electron chi connectivity index (χ4n) is 0.939. The molecule has 0 radical (unpaired) electrons. The molecular formula is C8H14O2. The summed E-state index contributed by atoms with van der Waals surface area (Å²) in [4.78, 5) is 0. The molecule has 1 aliphatic heterocycles. The minimum atomic E-state index is 0.0659. The standard InChI is InChI=1S/C8H14O2/c1-2-3-6-9-8-5-4-7-10-8/h2-3,8H,4-7H2,1H3/b3-2+. The zero-order valence-corrected chi connectivity index (χ0v) is 6.38. The van der Waals surface area contributed by atoms with Gasteiger partial charge in [-0.3, -0.25) is 0 Å². The molecule has 1 fully saturated rings. The van der Waals surface area contributed by atoms with E-state index in [4.69, 9.17) is 9.47 Å². The van der Waals surface area contributed by atoms with E-state index in [1.807, 2.05) is 19.1 Å². The predicted octanol–water partition coefficient (Wildman–Crippen LogP) is 1.72. The van der Waals surface area contributed by atoms with E-state index < -0.39 is 0 Å². The van der Waals surface area contributed by atoms with Crippen LogP contribution in [0.2, 0.25) is 0 Å². The molecule has 1 unspecified atom stereocenters. The van der Waals surface area contributed by atoms with Gasteiger partial charge in [-0.1, -0.05) is 12.2 Å². The van der Waals surface area contributed by atoms with Crippen LogP contribution in [0.15, 0.2) is 12.2 Å². The van der Waals surface area contributed by atoms with Gasteiger partial charge >= 0.3 is 0 Å². The summed E-state index contributed by atoms with van der Waals surface area (Å²) in [6, 6.07) is 0. The highest BCUT2D eigenvalue weighted by molar-refractivity contribution is 4.76. The highest BCUT2D eigenvalue weighted by atomic mass is 16.7. The first-order valence-electron chi connectivity index (χ1n) is 3.78.